The van der Waals surface area contributed by atoms with Crippen LogP contribution in [0.4, 0.5) is 28.9 Å². The number of aromatic amines is 1. The van der Waals surface area contributed by atoms with Crippen molar-refractivity contribution >= 4 is 17.3 Å². The standard InChI is InChI=1S/C26H25F4N7O2/c1-37(39)12-10-35(11-13-37)20-8-6-19(7-9-20)33-25(38)21-14-31-24(34-21)23-22(17-2-4-18(27)5-3-17)32-16-36(23)15-26(28,29)30/h2-9,14,16H,10-13,15H2,1H3,(H,31,34)(H,33,38). The summed E-state index contributed by atoms with van der Waals surface area (Å²) in [6.07, 6.45) is -2.20. The lowest BCUT2D eigenvalue weighted by atomic mass is 10.1. The number of likely N-dealkylation sites (N-methyl/N-ethyl adjacent to an activating group) is 1. The second-order valence-electron chi connectivity index (χ2n) is 9.56. The van der Waals surface area contributed by atoms with Crippen molar-refractivity contribution in [1.29, 1.82) is 0 Å². The van der Waals surface area contributed by atoms with Crippen molar-refractivity contribution in [3.8, 4) is 22.8 Å². The van der Waals surface area contributed by atoms with Crippen LogP contribution in [-0.4, -0.2) is 69.5 Å². The number of nitrogens with one attached hydrogen (secondary N) is 2. The van der Waals surface area contributed by atoms with E-state index in [9.17, 15) is 27.6 Å². The number of hydrogen-bond acceptors (Lipinski definition) is 5. The van der Waals surface area contributed by atoms with Crippen LogP contribution in [0.2, 0.25) is 0 Å². The fourth-order valence-electron chi connectivity index (χ4n) is 4.42. The highest BCUT2D eigenvalue weighted by atomic mass is 19.4. The highest BCUT2D eigenvalue weighted by Crippen LogP contribution is 2.32. The summed E-state index contributed by atoms with van der Waals surface area (Å²) in [5.74, 6) is -1.06. The Hall–Kier alpha value is -4.23. The van der Waals surface area contributed by atoms with Crippen molar-refractivity contribution in [2.45, 2.75) is 12.7 Å². The van der Waals surface area contributed by atoms with Crippen LogP contribution in [0.5, 0.6) is 0 Å². The molecule has 2 N–H and O–H groups in total. The smallest absolute Gasteiger partial charge is 0.406 e. The van der Waals surface area contributed by atoms with Crippen molar-refractivity contribution in [3.63, 3.8) is 0 Å². The molecule has 1 saturated heterocycles. The molecule has 1 amide bonds. The number of hydrogen-bond donors (Lipinski definition) is 2. The first-order valence-corrected chi connectivity index (χ1v) is 12.1. The summed E-state index contributed by atoms with van der Waals surface area (Å²) in [6, 6.07) is 12.3. The molecule has 3 heterocycles. The van der Waals surface area contributed by atoms with Crippen molar-refractivity contribution < 1.29 is 27.0 Å². The Morgan fingerprint density at radius 2 is 1.77 bits per heavy atom. The topological polar surface area (TPSA) is 102 Å². The van der Waals surface area contributed by atoms with Gasteiger partial charge in [-0.15, -0.1) is 0 Å². The van der Waals surface area contributed by atoms with Gasteiger partial charge < -0.3 is 29.6 Å². The number of imidazole rings is 2. The predicted molar refractivity (Wildman–Crippen MR) is 137 cm³/mol. The molecule has 1 aliphatic heterocycles. The van der Waals surface area contributed by atoms with Gasteiger partial charge in [-0.2, -0.15) is 13.2 Å². The molecule has 1 aliphatic rings. The second kappa shape index (κ2) is 10.2. The monoisotopic (exact) mass is 543 g/mol. The van der Waals surface area contributed by atoms with Crippen LogP contribution in [0.3, 0.4) is 0 Å². The summed E-state index contributed by atoms with van der Waals surface area (Å²) in [5, 5.41) is 14.8. The van der Waals surface area contributed by atoms with E-state index in [2.05, 4.69) is 25.2 Å². The van der Waals surface area contributed by atoms with Crippen LogP contribution in [0.15, 0.2) is 61.1 Å². The van der Waals surface area contributed by atoms with E-state index in [1.807, 2.05) is 12.1 Å². The maximum Gasteiger partial charge on any atom is 0.406 e. The molecule has 5 rings (SSSR count). The molecule has 0 atom stereocenters. The average molecular weight is 544 g/mol. The first-order chi connectivity index (χ1) is 18.5. The molecule has 9 nitrogen and oxygen atoms in total. The Balaban J connectivity index is 1.35. The van der Waals surface area contributed by atoms with Gasteiger partial charge in [0.25, 0.3) is 5.91 Å². The number of rotatable bonds is 6. The molecule has 204 valence electrons. The Morgan fingerprint density at radius 3 is 2.41 bits per heavy atom. The third kappa shape index (κ3) is 6.10. The number of carbonyl (C=O) groups is 1. The summed E-state index contributed by atoms with van der Waals surface area (Å²) >= 11 is 0. The summed E-state index contributed by atoms with van der Waals surface area (Å²) in [4.78, 5) is 26.1. The van der Waals surface area contributed by atoms with E-state index < -0.39 is 24.4 Å². The minimum absolute atomic E-state index is 0.00504. The van der Waals surface area contributed by atoms with Crippen molar-refractivity contribution in [3.05, 3.63) is 77.8 Å². The average Bonchev–Trinajstić information content (AvgIpc) is 3.51. The van der Waals surface area contributed by atoms with Crippen LogP contribution in [0.25, 0.3) is 22.8 Å². The molecule has 4 aromatic rings. The molecule has 13 heteroatoms. The van der Waals surface area contributed by atoms with Gasteiger partial charge in [-0.25, -0.2) is 14.4 Å². The molecule has 2 aromatic heterocycles. The van der Waals surface area contributed by atoms with Gasteiger partial charge in [-0.1, -0.05) is 0 Å². The van der Waals surface area contributed by atoms with E-state index in [1.54, 1.807) is 19.2 Å². The molecular weight excluding hydrogens is 518 g/mol. The molecule has 39 heavy (non-hydrogen) atoms. The van der Waals surface area contributed by atoms with E-state index in [0.29, 0.717) is 37.4 Å². The number of halogens is 4. The highest BCUT2D eigenvalue weighted by Gasteiger charge is 2.31. The maximum absolute atomic E-state index is 13.4. The Kier molecular flexibility index (Phi) is 6.87. The van der Waals surface area contributed by atoms with Crippen LogP contribution < -0.4 is 10.2 Å². The van der Waals surface area contributed by atoms with Gasteiger partial charge in [-0.05, 0) is 48.5 Å². The first kappa shape index (κ1) is 26.4. The summed E-state index contributed by atoms with van der Waals surface area (Å²) in [6.45, 7) is 0.920. The van der Waals surface area contributed by atoms with Crippen LogP contribution in [0, 0.1) is 11.0 Å². The zero-order valence-electron chi connectivity index (χ0n) is 20.9. The summed E-state index contributed by atoms with van der Waals surface area (Å²) in [5.41, 5.74) is 1.95. The summed E-state index contributed by atoms with van der Waals surface area (Å²) < 4.78 is 53.8. The Labute approximate surface area is 220 Å². The third-order valence-electron chi connectivity index (χ3n) is 6.52. The van der Waals surface area contributed by atoms with Crippen LogP contribution in [0.1, 0.15) is 10.5 Å². The fraction of sp³-hybridized carbons (Fsp3) is 0.269. The van der Waals surface area contributed by atoms with Gasteiger partial charge in [0.15, 0.2) is 5.82 Å². The van der Waals surface area contributed by atoms with Gasteiger partial charge in [0, 0.05) is 23.1 Å². The van der Waals surface area contributed by atoms with Gasteiger partial charge in [0.2, 0.25) is 0 Å². The number of anilines is 2. The van der Waals surface area contributed by atoms with Gasteiger partial charge in [0.1, 0.15) is 23.7 Å². The molecule has 0 saturated carbocycles. The lowest BCUT2D eigenvalue weighted by molar-refractivity contribution is -0.861. The van der Waals surface area contributed by atoms with E-state index in [0.717, 1.165) is 16.6 Å². The zero-order valence-corrected chi connectivity index (χ0v) is 20.9. The van der Waals surface area contributed by atoms with Gasteiger partial charge in [0.05, 0.1) is 45.2 Å². The molecule has 0 spiro atoms. The number of benzene rings is 2. The lowest BCUT2D eigenvalue weighted by Gasteiger charge is -2.45. The molecule has 0 bridgehead atoms. The SMILES string of the molecule is C[N+]1([O-])CCN(c2ccc(NC(=O)c3c[nH]c(-c4c(-c5ccc(F)cc5)ncn4CC(F)(F)F)n3)cc2)CC1. The summed E-state index contributed by atoms with van der Waals surface area (Å²) in [7, 11) is 1.66. The molecular formula is C26H25F4N7O2. The molecule has 0 unspecified atom stereocenters. The fourth-order valence-corrected chi connectivity index (χ4v) is 4.42. The highest BCUT2D eigenvalue weighted by molar-refractivity contribution is 6.03. The number of quaternary nitrogens is 1. The van der Waals surface area contributed by atoms with Crippen molar-refractivity contribution in [2.75, 3.05) is 43.4 Å². The van der Waals surface area contributed by atoms with E-state index in [-0.39, 0.29) is 27.6 Å². The van der Waals surface area contributed by atoms with Gasteiger partial charge >= 0.3 is 6.18 Å². The molecule has 1 fully saturated rings. The Bertz CT molecular complexity index is 1450. The number of nitrogens with zero attached hydrogens (tertiary/aromatic N) is 5. The van der Waals surface area contributed by atoms with E-state index >= 15 is 0 Å². The number of alkyl halides is 3. The van der Waals surface area contributed by atoms with Crippen LogP contribution >= 0.6 is 0 Å². The Morgan fingerprint density at radius 1 is 1.10 bits per heavy atom. The quantitative estimate of drug-likeness (QED) is 0.209. The van der Waals surface area contributed by atoms with Gasteiger partial charge in [-0.3, -0.25) is 4.79 Å². The number of amides is 1. The number of hydroxylamine groups is 3. The first-order valence-electron chi connectivity index (χ1n) is 12.1. The zero-order chi connectivity index (χ0) is 27.8. The van der Waals surface area contributed by atoms with Crippen LogP contribution in [-0.2, 0) is 6.54 Å². The normalized spacial score (nSPS) is 15.4. The largest absolute Gasteiger partial charge is 0.633 e. The van der Waals surface area contributed by atoms with Crippen molar-refractivity contribution in [1.82, 2.24) is 19.5 Å². The molecule has 0 aliphatic carbocycles. The number of piperazine rings is 1. The lowest BCUT2D eigenvalue weighted by Crippen LogP contribution is -2.53. The second-order valence-corrected chi connectivity index (χ2v) is 9.56. The number of carbonyl (C=O) groups excluding carboxylic acids is 1. The minimum atomic E-state index is -4.53. The minimum Gasteiger partial charge on any atom is -0.633 e. The molecule has 2 aromatic carbocycles. The number of H-pyrrole nitrogens is 1. The molecule has 0 radical (unpaired) electrons. The van der Waals surface area contributed by atoms with E-state index in [1.165, 1.54) is 30.5 Å². The predicted octanol–water partition coefficient (Wildman–Crippen LogP) is 4.66. The van der Waals surface area contributed by atoms with E-state index in [4.69, 9.17) is 0 Å². The third-order valence-corrected chi connectivity index (χ3v) is 6.52. The maximum atomic E-state index is 13.4. The van der Waals surface area contributed by atoms with Crippen molar-refractivity contribution in [2.24, 2.45) is 0 Å². The number of aromatic nitrogens is 4.